The summed E-state index contributed by atoms with van der Waals surface area (Å²) in [6.45, 7) is 2.99. The molecule has 1 N–H and O–H groups in total. The van der Waals surface area contributed by atoms with Crippen molar-refractivity contribution in [2.75, 3.05) is 31.2 Å². The quantitative estimate of drug-likeness (QED) is 0.314. The maximum Gasteiger partial charge on any atom is 0.271 e. The fraction of sp³-hybridized carbons (Fsp3) is 0.217. The van der Waals surface area contributed by atoms with Crippen molar-refractivity contribution in [1.29, 1.82) is 0 Å². The van der Waals surface area contributed by atoms with E-state index >= 15 is 0 Å². The minimum Gasteiger partial charge on any atom is -0.440 e. The van der Waals surface area contributed by atoms with Crippen molar-refractivity contribution in [1.82, 2.24) is 5.43 Å². The number of carbonyl (C=O) groups excluding carboxylic acids is 1. The number of hydrazone groups is 1. The van der Waals surface area contributed by atoms with Gasteiger partial charge in [0.25, 0.3) is 5.91 Å². The third-order valence-corrected chi connectivity index (χ3v) is 6.06. The van der Waals surface area contributed by atoms with Crippen LogP contribution in [0.2, 0.25) is 5.02 Å². The number of amides is 1. The van der Waals surface area contributed by atoms with E-state index < -0.39 is 0 Å². The number of thioether (sulfide) groups is 1. The molecule has 2 heterocycles. The number of nitrogens with one attached hydrogen (secondary N) is 1. The molecule has 0 atom stereocenters. The molecule has 0 radical (unpaired) electrons. The highest BCUT2D eigenvalue weighted by atomic mass is 35.5. The van der Waals surface area contributed by atoms with Gasteiger partial charge in [0.05, 0.1) is 19.4 Å². The summed E-state index contributed by atoms with van der Waals surface area (Å²) in [4.78, 5) is 15.6. The average Bonchev–Trinajstić information content (AvgIpc) is 3.28. The van der Waals surface area contributed by atoms with Crippen molar-refractivity contribution in [2.24, 2.45) is 5.10 Å². The molecule has 160 valence electrons. The van der Waals surface area contributed by atoms with Crippen molar-refractivity contribution in [3.05, 3.63) is 82.6 Å². The molecular weight excluding hydrogens is 434 g/mol. The Labute approximate surface area is 190 Å². The molecule has 1 amide bonds. The first-order valence-electron chi connectivity index (χ1n) is 9.91. The van der Waals surface area contributed by atoms with Crippen molar-refractivity contribution < 1.29 is 13.9 Å². The van der Waals surface area contributed by atoms with Crippen LogP contribution in [-0.2, 0) is 10.5 Å². The first-order chi connectivity index (χ1) is 15.2. The van der Waals surface area contributed by atoms with Gasteiger partial charge in [0.15, 0.2) is 5.88 Å². The smallest absolute Gasteiger partial charge is 0.271 e. The number of furan rings is 1. The highest BCUT2D eigenvalue weighted by Gasteiger charge is 2.14. The molecule has 8 heteroatoms. The Morgan fingerprint density at radius 2 is 1.81 bits per heavy atom. The zero-order valence-electron chi connectivity index (χ0n) is 16.8. The van der Waals surface area contributed by atoms with Crippen LogP contribution < -0.4 is 10.3 Å². The summed E-state index contributed by atoms with van der Waals surface area (Å²) >= 11 is 7.63. The number of halogens is 1. The van der Waals surface area contributed by atoms with E-state index in [-0.39, 0.29) is 5.91 Å². The van der Waals surface area contributed by atoms with Crippen LogP contribution in [-0.4, -0.2) is 38.4 Å². The summed E-state index contributed by atoms with van der Waals surface area (Å²) in [5, 5.41) is 4.73. The molecule has 0 unspecified atom stereocenters. The molecule has 1 aromatic heterocycles. The third-order valence-electron chi connectivity index (χ3n) is 4.73. The van der Waals surface area contributed by atoms with Crippen molar-refractivity contribution in [3.8, 4) is 0 Å². The summed E-state index contributed by atoms with van der Waals surface area (Å²) in [5.74, 6) is 1.90. The van der Waals surface area contributed by atoms with E-state index in [4.69, 9.17) is 20.8 Å². The zero-order chi connectivity index (χ0) is 21.5. The second kappa shape index (κ2) is 10.5. The Morgan fingerprint density at radius 3 is 2.55 bits per heavy atom. The lowest BCUT2D eigenvalue weighted by atomic mass is 10.1. The maximum atomic E-state index is 12.3. The predicted octanol–water partition coefficient (Wildman–Crippen LogP) is 4.83. The Bertz CT molecular complexity index is 1030. The average molecular weight is 456 g/mol. The van der Waals surface area contributed by atoms with Crippen LogP contribution in [0.3, 0.4) is 0 Å². The van der Waals surface area contributed by atoms with E-state index in [2.05, 4.69) is 15.4 Å². The van der Waals surface area contributed by atoms with E-state index in [0.29, 0.717) is 24.5 Å². The molecule has 1 fully saturated rings. The second-order valence-corrected chi connectivity index (χ2v) is 8.40. The SMILES string of the molecule is O=C(N/N=C\c1ccc(N2CCOCC2)o1)c1ccc(CSc2ccc(Cl)cc2)cc1. The lowest BCUT2D eigenvalue weighted by Gasteiger charge is -2.26. The van der Waals surface area contributed by atoms with Crippen molar-refractivity contribution >= 4 is 41.4 Å². The molecule has 3 aromatic rings. The van der Waals surface area contributed by atoms with Gasteiger partial charge >= 0.3 is 0 Å². The van der Waals surface area contributed by atoms with E-state index in [1.54, 1.807) is 23.9 Å². The molecule has 0 saturated carbocycles. The minimum absolute atomic E-state index is 0.270. The number of ether oxygens (including phenoxy) is 1. The Kier molecular flexibility index (Phi) is 7.30. The molecule has 1 saturated heterocycles. The largest absolute Gasteiger partial charge is 0.440 e. The molecule has 1 aliphatic rings. The van der Waals surface area contributed by atoms with Crippen molar-refractivity contribution in [2.45, 2.75) is 10.6 Å². The van der Waals surface area contributed by atoms with Gasteiger partial charge in [-0.25, -0.2) is 5.43 Å². The van der Waals surface area contributed by atoms with Crippen LogP contribution in [0.15, 0.2) is 75.1 Å². The summed E-state index contributed by atoms with van der Waals surface area (Å²) in [5.41, 5.74) is 4.22. The lowest BCUT2D eigenvalue weighted by molar-refractivity contribution is 0.0955. The Hall–Kier alpha value is -2.74. The molecule has 2 aromatic carbocycles. The summed E-state index contributed by atoms with van der Waals surface area (Å²) in [7, 11) is 0. The molecule has 6 nitrogen and oxygen atoms in total. The van der Waals surface area contributed by atoms with Crippen LogP contribution >= 0.6 is 23.4 Å². The number of morpholine rings is 1. The first kappa shape index (κ1) is 21.5. The second-order valence-electron chi connectivity index (χ2n) is 6.91. The number of anilines is 1. The maximum absolute atomic E-state index is 12.3. The molecule has 0 aliphatic carbocycles. The first-order valence-corrected chi connectivity index (χ1v) is 11.3. The van der Waals surface area contributed by atoms with E-state index in [0.717, 1.165) is 40.2 Å². The summed E-state index contributed by atoms with van der Waals surface area (Å²) < 4.78 is 11.1. The van der Waals surface area contributed by atoms with Crippen LogP contribution in [0.5, 0.6) is 0 Å². The van der Waals surface area contributed by atoms with Crippen molar-refractivity contribution in [3.63, 3.8) is 0 Å². The molecular formula is C23H22ClN3O3S. The molecule has 0 spiro atoms. The van der Waals surface area contributed by atoms with Gasteiger partial charge in [-0.05, 0) is 48.0 Å². The zero-order valence-corrected chi connectivity index (χ0v) is 18.4. The lowest BCUT2D eigenvalue weighted by Crippen LogP contribution is -2.35. The van der Waals surface area contributed by atoms with Crippen LogP contribution in [0.4, 0.5) is 5.88 Å². The number of benzene rings is 2. The highest BCUT2D eigenvalue weighted by Crippen LogP contribution is 2.24. The fourth-order valence-corrected chi connectivity index (χ4v) is 4.01. The Balaban J connectivity index is 1.26. The van der Waals surface area contributed by atoms with Gasteiger partial charge in [-0.15, -0.1) is 11.8 Å². The van der Waals surface area contributed by atoms with E-state index in [9.17, 15) is 4.79 Å². The normalized spacial score (nSPS) is 14.2. The number of hydrogen-bond acceptors (Lipinski definition) is 6. The molecule has 4 rings (SSSR count). The molecule has 31 heavy (non-hydrogen) atoms. The standard InChI is InChI=1S/C23H22ClN3O3S/c24-19-5-8-21(9-6-19)31-16-17-1-3-18(4-2-17)23(28)26-25-15-20-7-10-22(30-20)27-11-13-29-14-12-27/h1-10,15H,11-14,16H2,(H,26,28)/b25-15-. The van der Waals surface area contributed by atoms with Gasteiger partial charge in [-0.2, -0.15) is 5.10 Å². The number of hydrogen-bond donors (Lipinski definition) is 1. The van der Waals surface area contributed by atoms with E-state index in [1.807, 2.05) is 48.5 Å². The fourth-order valence-electron chi connectivity index (χ4n) is 3.03. The van der Waals surface area contributed by atoms with Gasteiger partial charge < -0.3 is 14.1 Å². The van der Waals surface area contributed by atoms with E-state index in [1.165, 1.54) is 6.21 Å². The predicted molar refractivity (Wildman–Crippen MR) is 124 cm³/mol. The number of rotatable bonds is 7. The third kappa shape index (κ3) is 6.13. The summed E-state index contributed by atoms with van der Waals surface area (Å²) in [6.07, 6.45) is 1.50. The summed E-state index contributed by atoms with van der Waals surface area (Å²) in [6, 6.07) is 19.0. The number of nitrogens with zero attached hydrogens (tertiary/aromatic N) is 2. The minimum atomic E-state index is -0.270. The topological polar surface area (TPSA) is 67.1 Å². The van der Waals surface area contributed by atoms with Gasteiger partial charge in [0.1, 0.15) is 5.76 Å². The van der Waals surface area contributed by atoms with Gasteiger partial charge in [-0.3, -0.25) is 4.79 Å². The molecule has 0 bridgehead atoms. The van der Waals surface area contributed by atoms with Gasteiger partial charge in [0.2, 0.25) is 0 Å². The molecule has 1 aliphatic heterocycles. The van der Waals surface area contributed by atoms with Gasteiger partial charge in [0, 0.05) is 40.4 Å². The number of carbonyl (C=O) groups is 1. The van der Waals surface area contributed by atoms with Crippen LogP contribution in [0, 0.1) is 0 Å². The monoisotopic (exact) mass is 455 g/mol. The van der Waals surface area contributed by atoms with Crippen LogP contribution in [0.1, 0.15) is 21.7 Å². The highest BCUT2D eigenvalue weighted by molar-refractivity contribution is 7.98. The Morgan fingerprint density at radius 1 is 1.06 bits per heavy atom. The van der Waals surface area contributed by atoms with Crippen LogP contribution in [0.25, 0.3) is 0 Å². The van der Waals surface area contributed by atoms with Gasteiger partial charge in [-0.1, -0.05) is 23.7 Å².